The van der Waals surface area contributed by atoms with E-state index in [2.05, 4.69) is 25.3 Å². The molecule has 4 amide bonds. The zero-order chi connectivity index (χ0) is 39.7. The number of sulfonamides is 1. The zero-order valence-electron chi connectivity index (χ0n) is 31.5. The number of alkyl carbamates (subject to hydrolysis) is 1. The van der Waals surface area contributed by atoms with Crippen LogP contribution in [0.25, 0.3) is 22.2 Å². The van der Waals surface area contributed by atoms with Crippen molar-refractivity contribution in [2.45, 2.75) is 119 Å². The van der Waals surface area contributed by atoms with Gasteiger partial charge in [-0.15, -0.1) is 0 Å². The maximum absolute atomic E-state index is 14.6. The number of amides is 4. The molecule has 0 radical (unpaired) electrons. The standard InChI is InChI=1S/C41H47FN6O8S/c42-31-14-9-8-13-30(31)25-16-19-32-34(20-25)44-36(23-43-32)55-28-21-35-37(49)46-41(39(51)47-57(53,54)29-17-18-29)22-26(41)10-4-2-1-3-5-15-33(38(50)48(35)24-28)45-40(52)56-27-11-6-7-12-27/h4,8-10,13-14,16,19-20,23,26-29,33,35H,1-3,5-7,11-12,15,17-18,21-22,24H2,(H,45,52)(H,46,49)(H,47,51)/b10-4-/t26-,28+,33-,35-,41+/m0/s1. The lowest BCUT2D eigenvalue weighted by Crippen LogP contribution is -2.58. The Kier molecular flexibility index (Phi) is 10.9. The number of rotatable bonds is 8. The summed E-state index contributed by atoms with van der Waals surface area (Å²) in [5.41, 5.74) is 0.475. The molecule has 3 N–H and O–H groups in total. The molecule has 1 saturated heterocycles. The van der Waals surface area contributed by atoms with Gasteiger partial charge in [0.2, 0.25) is 27.7 Å². The van der Waals surface area contributed by atoms with Gasteiger partial charge in [0.15, 0.2) is 0 Å². The number of nitrogens with one attached hydrogen (secondary N) is 3. The van der Waals surface area contributed by atoms with Crippen molar-refractivity contribution in [3.05, 3.63) is 66.6 Å². The predicted octanol–water partition coefficient (Wildman–Crippen LogP) is 4.83. The number of allylic oxidation sites excluding steroid dienone is 1. The van der Waals surface area contributed by atoms with E-state index in [-0.39, 0.29) is 37.2 Å². The molecular formula is C41H47FN6O8S. The fraction of sp³-hybridized carbons (Fsp3) is 0.512. The van der Waals surface area contributed by atoms with Crippen molar-refractivity contribution in [3.8, 4) is 17.0 Å². The molecule has 1 aromatic heterocycles. The number of aromatic nitrogens is 2. The van der Waals surface area contributed by atoms with Crippen LogP contribution in [0.15, 0.2) is 60.8 Å². The topological polar surface area (TPSA) is 186 Å². The Morgan fingerprint density at radius 3 is 2.53 bits per heavy atom. The number of nitrogens with zero attached hydrogens (tertiary/aromatic N) is 3. The summed E-state index contributed by atoms with van der Waals surface area (Å²) in [6.07, 6.45) is 11.3. The van der Waals surface area contributed by atoms with Gasteiger partial charge in [0.25, 0.3) is 5.91 Å². The van der Waals surface area contributed by atoms with Crippen LogP contribution in [0.4, 0.5) is 9.18 Å². The van der Waals surface area contributed by atoms with E-state index in [1.807, 2.05) is 12.2 Å². The maximum atomic E-state index is 14.6. The van der Waals surface area contributed by atoms with Gasteiger partial charge in [0.05, 0.1) is 29.0 Å². The summed E-state index contributed by atoms with van der Waals surface area (Å²) in [7, 11) is -3.91. The first kappa shape index (κ1) is 38.7. The van der Waals surface area contributed by atoms with E-state index in [0.29, 0.717) is 54.3 Å². The van der Waals surface area contributed by atoms with Gasteiger partial charge in [0.1, 0.15) is 35.6 Å². The quantitative estimate of drug-likeness (QED) is 0.267. The second kappa shape index (κ2) is 16.0. The number of halogens is 1. The first-order valence-electron chi connectivity index (χ1n) is 20.0. The Morgan fingerprint density at radius 2 is 1.74 bits per heavy atom. The molecule has 0 unspecified atom stereocenters. The van der Waals surface area contributed by atoms with Crippen LogP contribution in [0.2, 0.25) is 0 Å². The number of ether oxygens (including phenoxy) is 2. The molecule has 3 aliphatic carbocycles. The fourth-order valence-electron chi connectivity index (χ4n) is 8.27. The lowest BCUT2D eigenvalue weighted by atomic mass is 10.0. The normalized spacial score (nSPS) is 27.6. The average Bonchev–Trinajstić information content (AvgIpc) is 4.06. The van der Waals surface area contributed by atoms with Gasteiger partial charge < -0.3 is 25.0 Å². The van der Waals surface area contributed by atoms with Crippen LogP contribution in [0.1, 0.15) is 83.5 Å². The second-order valence-corrected chi connectivity index (χ2v) is 17.9. The maximum Gasteiger partial charge on any atom is 0.408 e. The minimum Gasteiger partial charge on any atom is -0.471 e. The molecule has 0 bridgehead atoms. The lowest BCUT2D eigenvalue weighted by Gasteiger charge is -2.30. The summed E-state index contributed by atoms with van der Waals surface area (Å²) in [4.78, 5) is 66.2. The summed E-state index contributed by atoms with van der Waals surface area (Å²) >= 11 is 0. The molecule has 3 saturated carbocycles. The van der Waals surface area contributed by atoms with Gasteiger partial charge in [-0.1, -0.05) is 49.3 Å². The largest absolute Gasteiger partial charge is 0.471 e. The van der Waals surface area contributed by atoms with E-state index in [4.69, 9.17) is 9.47 Å². The van der Waals surface area contributed by atoms with Gasteiger partial charge in [-0.2, -0.15) is 0 Å². The predicted molar refractivity (Wildman–Crippen MR) is 206 cm³/mol. The van der Waals surface area contributed by atoms with E-state index in [0.717, 1.165) is 38.5 Å². The number of fused-ring (bicyclic) bond motifs is 3. The molecule has 4 fully saturated rings. The Bertz CT molecular complexity index is 2190. The summed E-state index contributed by atoms with van der Waals surface area (Å²) in [6, 6.07) is 9.45. The van der Waals surface area contributed by atoms with Crippen molar-refractivity contribution in [1.29, 1.82) is 0 Å². The Labute approximate surface area is 330 Å². The molecule has 5 aliphatic rings. The minimum absolute atomic E-state index is 0.00434. The minimum atomic E-state index is -3.91. The molecule has 8 rings (SSSR count). The average molecular weight is 803 g/mol. The SMILES string of the molecule is O=C(N[C@H]1CCCCC/C=C\[C@H]2C[C@@]2(C(=O)NS(=O)(=O)C2CC2)NC(=O)[C@@H]2C[C@@H](Oc3cnc4ccc(-c5ccccc5F)cc4n3)CN2C1=O)OC1CCCC1. The van der Waals surface area contributed by atoms with Crippen LogP contribution >= 0.6 is 0 Å². The zero-order valence-corrected chi connectivity index (χ0v) is 32.3. The number of benzene rings is 2. The van der Waals surface area contributed by atoms with Crippen LogP contribution in [-0.2, 0) is 29.1 Å². The van der Waals surface area contributed by atoms with Crippen LogP contribution < -0.4 is 20.1 Å². The van der Waals surface area contributed by atoms with Crippen molar-refractivity contribution >= 4 is 44.9 Å². The molecule has 5 atom stereocenters. The molecule has 0 spiro atoms. The Balaban J connectivity index is 1.07. The number of carbonyl (C=O) groups excluding carboxylic acids is 4. The van der Waals surface area contributed by atoms with Crippen molar-refractivity contribution in [3.63, 3.8) is 0 Å². The van der Waals surface area contributed by atoms with Crippen molar-refractivity contribution in [1.82, 2.24) is 30.2 Å². The molecule has 16 heteroatoms. The first-order valence-corrected chi connectivity index (χ1v) is 21.5. The van der Waals surface area contributed by atoms with Gasteiger partial charge >= 0.3 is 6.09 Å². The van der Waals surface area contributed by atoms with Gasteiger partial charge in [-0.3, -0.25) is 19.1 Å². The third-order valence-electron chi connectivity index (χ3n) is 11.7. The highest BCUT2D eigenvalue weighted by atomic mass is 32.2. The second-order valence-electron chi connectivity index (χ2n) is 15.9. The highest BCUT2D eigenvalue weighted by molar-refractivity contribution is 7.91. The van der Waals surface area contributed by atoms with Crippen LogP contribution in [0, 0.1) is 11.7 Å². The number of carbonyl (C=O) groups is 4. The van der Waals surface area contributed by atoms with Crippen LogP contribution in [0.5, 0.6) is 5.88 Å². The smallest absolute Gasteiger partial charge is 0.408 e. The molecule has 14 nitrogen and oxygen atoms in total. The van der Waals surface area contributed by atoms with Crippen molar-refractivity contribution < 1.29 is 41.5 Å². The van der Waals surface area contributed by atoms with E-state index in [9.17, 15) is 32.0 Å². The fourth-order valence-corrected chi connectivity index (χ4v) is 9.63. The first-order chi connectivity index (χ1) is 27.5. The Hall–Kier alpha value is -5.12. The van der Waals surface area contributed by atoms with Crippen molar-refractivity contribution in [2.75, 3.05) is 6.54 Å². The third kappa shape index (κ3) is 8.60. The number of hydrogen-bond acceptors (Lipinski definition) is 10. The summed E-state index contributed by atoms with van der Waals surface area (Å²) in [5.74, 6) is -2.66. The highest BCUT2D eigenvalue weighted by Crippen LogP contribution is 2.46. The lowest BCUT2D eigenvalue weighted by molar-refractivity contribution is -0.141. The van der Waals surface area contributed by atoms with Gasteiger partial charge in [-0.25, -0.2) is 27.6 Å². The molecule has 2 aromatic carbocycles. The molecule has 57 heavy (non-hydrogen) atoms. The van der Waals surface area contributed by atoms with Crippen LogP contribution in [-0.4, -0.2) is 88.7 Å². The monoisotopic (exact) mass is 802 g/mol. The molecule has 2 aliphatic heterocycles. The van der Waals surface area contributed by atoms with E-state index < -0.39 is 68.7 Å². The number of hydrogen-bond donors (Lipinski definition) is 3. The summed E-state index contributed by atoms with van der Waals surface area (Å²) in [6.45, 7) is -0.0552. The molecule has 302 valence electrons. The Morgan fingerprint density at radius 1 is 0.947 bits per heavy atom. The van der Waals surface area contributed by atoms with Gasteiger partial charge in [-0.05, 0) is 88.0 Å². The van der Waals surface area contributed by atoms with E-state index in [1.165, 1.54) is 17.2 Å². The summed E-state index contributed by atoms with van der Waals surface area (Å²) in [5, 5.41) is 5.01. The van der Waals surface area contributed by atoms with E-state index in [1.54, 1.807) is 36.4 Å². The van der Waals surface area contributed by atoms with Crippen molar-refractivity contribution in [2.24, 2.45) is 5.92 Å². The summed E-state index contributed by atoms with van der Waals surface area (Å²) < 4.78 is 54.5. The van der Waals surface area contributed by atoms with Crippen LogP contribution in [0.3, 0.4) is 0 Å². The highest BCUT2D eigenvalue weighted by Gasteiger charge is 2.62. The third-order valence-corrected chi connectivity index (χ3v) is 13.5. The molecule has 3 aromatic rings. The molecule has 3 heterocycles. The van der Waals surface area contributed by atoms with Gasteiger partial charge in [0, 0.05) is 17.9 Å². The molecular weight excluding hydrogens is 756 g/mol. The van der Waals surface area contributed by atoms with E-state index >= 15 is 0 Å².